The number of nitrogens with two attached hydrogens (primary N) is 4. The van der Waals surface area contributed by atoms with Crippen molar-refractivity contribution < 1.29 is 48.6 Å². The lowest BCUT2D eigenvalue weighted by Gasteiger charge is -2.28. The Kier molecular flexibility index (Phi) is 15.1. The Labute approximate surface area is 302 Å². The fraction of sp³-hybridized carbons (Fsp3) is 0.469. The van der Waals surface area contributed by atoms with Gasteiger partial charge in [0.2, 0.25) is 35.4 Å². The van der Waals surface area contributed by atoms with Crippen molar-refractivity contribution in [2.45, 2.75) is 75.2 Å². The lowest BCUT2D eigenvalue weighted by Crippen LogP contribution is -2.57. The summed E-state index contributed by atoms with van der Waals surface area (Å²) in [6.07, 6.45) is 0.958. The van der Waals surface area contributed by atoms with E-state index in [0.717, 1.165) is 10.9 Å². The minimum Gasteiger partial charge on any atom is -0.481 e. The normalized spacial score (nSPS) is 16.0. The zero-order valence-corrected chi connectivity index (χ0v) is 28.7. The zero-order valence-electron chi connectivity index (χ0n) is 28.7. The number of carbonyl (C=O) groups is 8. The van der Waals surface area contributed by atoms with Gasteiger partial charge in [-0.05, 0) is 37.3 Å². The van der Waals surface area contributed by atoms with Gasteiger partial charge < -0.3 is 64.3 Å². The second kappa shape index (κ2) is 19.4. The van der Waals surface area contributed by atoms with Crippen LogP contribution in [0.1, 0.15) is 44.1 Å². The Morgan fingerprint density at radius 3 is 2.30 bits per heavy atom. The van der Waals surface area contributed by atoms with Gasteiger partial charge in [0, 0.05) is 36.6 Å². The number of carboxylic acids is 2. The molecule has 1 aliphatic rings. The number of primary amides is 1. The summed E-state index contributed by atoms with van der Waals surface area (Å²) in [5.74, 6) is -8.17. The number of nitrogens with zero attached hydrogens (tertiary/aromatic N) is 2. The summed E-state index contributed by atoms with van der Waals surface area (Å²) in [4.78, 5) is 108. The number of fused-ring (bicyclic) bond motifs is 1. The molecule has 53 heavy (non-hydrogen) atoms. The van der Waals surface area contributed by atoms with E-state index < -0.39 is 97.0 Å². The van der Waals surface area contributed by atoms with Gasteiger partial charge in [0.05, 0.1) is 25.4 Å². The van der Waals surface area contributed by atoms with E-state index in [9.17, 15) is 48.6 Å². The van der Waals surface area contributed by atoms with Crippen LogP contribution in [-0.4, -0.2) is 123 Å². The number of guanidine groups is 1. The third-order valence-corrected chi connectivity index (χ3v) is 8.32. The highest BCUT2D eigenvalue weighted by Crippen LogP contribution is 2.20. The lowest BCUT2D eigenvalue weighted by atomic mass is 10.0. The number of benzene rings is 1. The molecule has 1 aromatic carbocycles. The molecule has 288 valence electrons. The number of amides is 6. The summed E-state index contributed by atoms with van der Waals surface area (Å²) in [6.45, 7) is -0.509. The first-order valence-corrected chi connectivity index (χ1v) is 16.6. The van der Waals surface area contributed by atoms with E-state index >= 15 is 0 Å². The van der Waals surface area contributed by atoms with E-state index in [1.807, 2.05) is 0 Å². The van der Waals surface area contributed by atoms with E-state index in [1.54, 1.807) is 30.5 Å². The predicted molar refractivity (Wildman–Crippen MR) is 187 cm³/mol. The Balaban J connectivity index is 1.66. The van der Waals surface area contributed by atoms with Gasteiger partial charge in [-0.3, -0.25) is 38.6 Å². The van der Waals surface area contributed by atoms with Crippen LogP contribution >= 0.6 is 0 Å². The van der Waals surface area contributed by atoms with Gasteiger partial charge in [0.25, 0.3) is 0 Å². The minimum absolute atomic E-state index is 0.0190. The number of nitrogens with one attached hydrogen (secondary N) is 5. The van der Waals surface area contributed by atoms with Crippen LogP contribution in [0.3, 0.4) is 0 Å². The second-order valence-corrected chi connectivity index (χ2v) is 12.4. The Morgan fingerprint density at radius 2 is 1.64 bits per heavy atom. The topological polar surface area (TPSA) is 361 Å². The molecule has 0 radical (unpaired) electrons. The molecule has 3 rings (SSSR count). The van der Waals surface area contributed by atoms with Gasteiger partial charge in [0.1, 0.15) is 24.2 Å². The zero-order chi connectivity index (χ0) is 39.2. The average Bonchev–Trinajstić information content (AvgIpc) is 3.74. The van der Waals surface area contributed by atoms with Gasteiger partial charge in [0.15, 0.2) is 5.96 Å². The smallest absolute Gasteiger partial charge is 0.326 e. The summed E-state index contributed by atoms with van der Waals surface area (Å²) < 4.78 is 0. The number of aliphatic carboxylic acids is 2. The van der Waals surface area contributed by atoms with E-state index in [4.69, 9.17) is 22.9 Å². The third kappa shape index (κ3) is 12.5. The molecule has 5 unspecified atom stereocenters. The molecule has 0 spiro atoms. The Hall–Kier alpha value is -6.25. The second-order valence-electron chi connectivity index (χ2n) is 12.4. The van der Waals surface area contributed by atoms with Crippen molar-refractivity contribution in [3.8, 4) is 0 Å². The molecular weight excluding hydrogens is 698 g/mol. The summed E-state index contributed by atoms with van der Waals surface area (Å²) in [5, 5.41) is 29.3. The fourth-order valence-electron chi connectivity index (χ4n) is 5.77. The monoisotopic (exact) mass is 743 g/mol. The molecular formula is C32H45N11O10. The van der Waals surface area contributed by atoms with Crippen molar-refractivity contribution in [3.63, 3.8) is 0 Å². The molecule has 1 fully saturated rings. The number of carboxylic acid groups (broad SMARTS) is 2. The quantitative estimate of drug-likeness (QED) is 0.0351. The van der Waals surface area contributed by atoms with Crippen LogP contribution in [0.5, 0.6) is 0 Å². The molecule has 5 atom stereocenters. The molecule has 21 nitrogen and oxygen atoms in total. The number of hydrogen-bond acceptors (Lipinski definition) is 10. The van der Waals surface area contributed by atoms with Crippen LogP contribution in [0, 0.1) is 0 Å². The lowest BCUT2D eigenvalue weighted by molar-refractivity contribution is -0.143. The van der Waals surface area contributed by atoms with Crippen LogP contribution in [0.25, 0.3) is 10.9 Å². The highest BCUT2D eigenvalue weighted by atomic mass is 16.4. The van der Waals surface area contributed by atoms with Crippen LogP contribution in [0.15, 0.2) is 35.5 Å². The molecule has 1 saturated heterocycles. The van der Waals surface area contributed by atoms with Gasteiger partial charge in [-0.15, -0.1) is 0 Å². The average molecular weight is 744 g/mol. The summed E-state index contributed by atoms with van der Waals surface area (Å²) in [5.41, 5.74) is 23.0. The van der Waals surface area contributed by atoms with E-state index in [1.165, 1.54) is 4.90 Å². The van der Waals surface area contributed by atoms with Crippen molar-refractivity contribution >= 4 is 64.2 Å². The van der Waals surface area contributed by atoms with Crippen molar-refractivity contribution in [3.05, 3.63) is 36.0 Å². The van der Waals surface area contributed by atoms with Crippen LogP contribution < -0.4 is 44.2 Å². The predicted octanol–water partition coefficient (Wildman–Crippen LogP) is -3.91. The molecule has 0 bridgehead atoms. The first kappa shape index (κ1) is 41.2. The standard InChI is InChI=1S/C32H45N11O10/c33-18(12-24(34)44)30(51)43-10-4-8-23(43)29(50)41-20(7-3-9-37-32(35)36)27(48)39-15-25(45)40-21(13-26(46)47)28(49)42-22(31(52)53)11-16-14-38-19-6-2-1-5-17(16)19/h1-2,5-6,14,18,20-23,38H,3-4,7-13,15,33H2,(H2,34,44)(H,39,48)(H,40,45)(H,41,50)(H,42,49)(H,46,47)(H,52,53)(H4,35,36,37). The number of rotatable bonds is 20. The number of aliphatic imine (C=N–C) groups is 1. The van der Waals surface area contributed by atoms with Crippen LogP contribution in [0.4, 0.5) is 0 Å². The first-order chi connectivity index (χ1) is 25.1. The molecule has 2 aromatic rings. The van der Waals surface area contributed by atoms with Crippen molar-refractivity contribution in [2.75, 3.05) is 19.6 Å². The number of hydrogen-bond donors (Lipinski definition) is 11. The maximum absolute atomic E-state index is 13.3. The number of H-pyrrole nitrogens is 1. The largest absolute Gasteiger partial charge is 0.481 e. The molecule has 21 heteroatoms. The summed E-state index contributed by atoms with van der Waals surface area (Å²) in [6, 6.07) is 0.342. The van der Waals surface area contributed by atoms with Gasteiger partial charge in [-0.2, -0.15) is 0 Å². The van der Waals surface area contributed by atoms with Gasteiger partial charge in [-0.1, -0.05) is 18.2 Å². The SMILES string of the molecule is NC(=O)CC(N)C(=O)N1CCCC1C(=O)NC(CCCN=C(N)N)C(=O)NCC(=O)NC(CC(=O)O)C(=O)NC(Cc1c[nH]c2ccccc12)C(=O)O. The molecule has 6 amide bonds. The van der Waals surface area contributed by atoms with Crippen LogP contribution in [0.2, 0.25) is 0 Å². The maximum atomic E-state index is 13.3. The van der Waals surface area contributed by atoms with Crippen molar-refractivity contribution in [1.29, 1.82) is 0 Å². The molecule has 2 heterocycles. The molecule has 0 saturated carbocycles. The summed E-state index contributed by atoms with van der Waals surface area (Å²) >= 11 is 0. The maximum Gasteiger partial charge on any atom is 0.326 e. The highest BCUT2D eigenvalue weighted by molar-refractivity contribution is 5.97. The number of aromatic nitrogens is 1. The first-order valence-electron chi connectivity index (χ1n) is 16.6. The number of likely N-dealkylation sites (tertiary alicyclic amines) is 1. The molecule has 1 aromatic heterocycles. The molecule has 15 N–H and O–H groups in total. The fourth-order valence-corrected chi connectivity index (χ4v) is 5.77. The number of aromatic amines is 1. The van der Waals surface area contributed by atoms with Gasteiger partial charge >= 0.3 is 11.9 Å². The molecule has 1 aliphatic heterocycles. The number of para-hydroxylation sites is 1. The van der Waals surface area contributed by atoms with Crippen molar-refractivity contribution in [1.82, 2.24) is 31.2 Å². The molecule has 0 aliphatic carbocycles. The van der Waals surface area contributed by atoms with E-state index in [0.29, 0.717) is 12.0 Å². The highest BCUT2D eigenvalue weighted by Gasteiger charge is 2.38. The van der Waals surface area contributed by atoms with E-state index in [2.05, 4.69) is 31.2 Å². The Bertz CT molecular complexity index is 1720. The Morgan fingerprint density at radius 1 is 0.925 bits per heavy atom. The van der Waals surface area contributed by atoms with Crippen LogP contribution in [-0.2, 0) is 44.8 Å². The third-order valence-electron chi connectivity index (χ3n) is 8.32. The summed E-state index contributed by atoms with van der Waals surface area (Å²) in [7, 11) is 0. The van der Waals surface area contributed by atoms with E-state index in [-0.39, 0.29) is 44.7 Å². The van der Waals surface area contributed by atoms with Gasteiger partial charge in [-0.25, -0.2) is 4.79 Å². The minimum atomic E-state index is -1.72. The van der Waals surface area contributed by atoms with Crippen molar-refractivity contribution in [2.24, 2.45) is 27.9 Å². The number of carbonyl (C=O) groups excluding carboxylic acids is 6.